The van der Waals surface area contributed by atoms with Crippen molar-refractivity contribution in [2.45, 2.75) is 6.92 Å². The molecule has 0 aromatic heterocycles. The Labute approximate surface area is 168 Å². The molecule has 1 aliphatic heterocycles. The average molecular weight is 398 g/mol. The van der Waals surface area contributed by atoms with Gasteiger partial charge in [0.05, 0.1) is 12.7 Å². The Morgan fingerprint density at radius 3 is 2.43 bits per heavy atom. The van der Waals surface area contributed by atoms with Crippen LogP contribution in [0.2, 0.25) is 0 Å². The maximum Gasteiger partial charge on any atom is 0.337 e. The molecule has 2 amide bonds. The second-order valence-corrected chi connectivity index (χ2v) is 7.63. The lowest BCUT2D eigenvalue weighted by molar-refractivity contribution is 0.0600. The molecule has 1 N–H and O–H groups in total. The van der Waals surface area contributed by atoms with Gasteiger partial charge in [-0.1, -0.05) is 12.1 Å². The summed E-state index contributed by atoms with van der Waals surface area (Å²) in [6.07, 6.45) is 0. The van der Waals surface area contributed by atoms with Gasteiger partial charge in [0.1, 0.15) is 0 Å². The van der Waals surface area contributed by atoms with E-state index in [4.69, 9.17) is 4.74 Å². The molecule has 0 aliphatic carbocycles. The predicted molar refractivity (Wildman–Crippen MR) is 110 cm³/mol. The molecule has 0 unspecified atom stereocenters. The lowest BCUT2D eigenvalue weighted by Crippen LogP contribution is -2.38. The standard InChI is InChI=1S/C21H22N2O4S/c1-14-17(20(25)23-9-11-28-12-10-23)7-4-8-18(14)22-19(24)15-5-3-6-16(13-15)21(26)27-2/h3-8,13H,9-12H2,1-2H3,(H,22,24). The van der Waals surface area contributed by atoms with Crippen molar-refractivity contribution in [3.63, 3.8) is 0 Å². The normalized spacial score (nSPS) is 13.7. The van der Waals surface area contributed by atoms with Crippen molar-refractivity contribution in [2.24, 2.45) is 0 Å². The zero-order valence-corrected chi connectivity index (χ0v) is 16.7. The zero-order valence-electron chi connectivity index (χ0n) is 15.9. The predicted octanol–water partition coefficient (Wildman–Crippen LogP) is 3.22. The highest BCUT2D eigenvalue weighted by Crippen LogP contribution is 2.23. The van der Waals surface area contributed by atoms with Crippen LogP contribution in [0.4, 0.5) is 5.69 Å². The molecule has 146 valence electrons. The molecule has 0 radical (unpaired) electrons. The number of hydrogen-bond acceptors (Lipinski definition) is 5. The van der Waals surface area contributed by atoms with Crippen molar-refractivity contribution in [2.75, 3.05) is 37.0 Å². The van der Waals surface area contributed by atoms with Gasteiger partial charge in [-0.2, -0.15) is 11.8 Å². The molecular weight excluding hydrogens is 376 g/mol. The van der Waals surface area contributed by atoms with E-state index in [-0.39, 0.29) is 11.8 Å². The summed E-state index contributed by atoms with van der Waals surface area (Å²) >= 11 is 1.85. The Kier molecular flexibility index (Phi) is 6.36. The summed E-state index contributed by atoms with van der Waals surface area (Å²) in [6.45, 7) is 3.30. The third-order valence-corrected chi connectivity index (χ3v) is 5.60. The lowest BCUT2D eigenvalue weighted by Gasteiger charge is -2.27. The number of esters is 1. The molecule has 7 heteroatoms. The van der Waals surface area contributed by atoms with Crippen LogP contribution in [0.3, 0.4) is 0 Å². The van der Waals surface area contributed by atoms with Gasteiger partial charge >= 0.3 is 5.97 Å². The summed E-state index contributed by atoms with van der Waals surface area (Å²) in [7, 11) is 1.29. The van der Waals surface area contributed by atoms with Gasteiger partial charge < -0.3 is 15.0 Å². The van der Waals surface area contributed by atoms with Crippen LogP contribution in [0.15, 0.2) is 42.5 Å². The van der Waals surface area contributed by atoms with Crippen molar-refractivity contribution >= 4 is 35.2 Å². The Morgan fingerprint density at radius 1 is 1.04 bits per heavy atom. The smallest absolute Gasteiger partial charge is 0.337 e. The summed E-state index contributed by atoms with van der Waals surface area (Å²) in [6, 6.07) is 11.6. The highest BCUT2D eigenvalue weighted by atomic mass is 32.2. The lowest BCUT2D eigenvalue weighted by atomic mass is 10.0. The number of benzene rings is 2. The highest BCUT2D eigenvalue weighted by Gasteiger charge is 2.21. The topological polar surface area (TPSA) is 75.7 Å². The number of carbonyl (C=O) groups excluding carboxylic acids is 3. The van der Waals surface area contributed by atoms with Crippen LogP contribution in [0.1, 0.15) is 36.6 Å². The summed E-state index contributed by atoms with van der Waals surface area (Å²) in [5.74, 6) is 1.02. The first-order chi connectivity index (χ1) is 13.5. The van der Waals surface area contributed by atoms with Crippen LogP contribution >= 0.6 is 11.8 Å². The second kappa shape index (κ2) is 8.93. The minimum absolute atomic E-state index is 0.0124. The van der Waals surface area contributed by atoms with Gasteiger partial charge in [-0.25, -0.2) is 4.79 Å². The number of rotatable bonds is 4. The first kappa shape index (κ1) is 19.9. The van der Waals surface area contributed by atoms with Gasteiger partial charge in [-0.3, -0.25) is 9.59 Å². The second-order valence-electron chi connectivity index (χ2n) is 6.41. The number of ether oxygens (including phenoxy) is 1. The number of carbonyl (C=O) groups is 3. The van der Waals surface area contributed by atoms with Gasteiger partial charge in [0, 0.05) is 41.4 Å². The maximum absolute atomic E-state index is 12.8. The molecule has 6 nitrogen and oxygen atoms in total. The number of methoxy groups -OCH3 is 1. The third-order valence-electron chi connectivity index (χ3n) is 4.66. The molecule has 0 spiro atoms. The quantitative estimate of drug-likeness (QED) is 0.801. The largest absolute Gasteiger partial charge is 0.465 e. The van der Waals surface area contributed by atoms with E-state index in [9.17, 15) is 14.4 Å². The van der Waals surface area contributed by atoms with E-state index in [0.717, 1.165) is 30.2 Å². The fraction of sp³-hybridized carbons (Fsp3) is 0.286. The van der Waals surface area contributed by atoms with E-state index in [0.29, 0.717) is 22.4 Å². The molecule has 0 bridgehead atoms. The minimum Gasteiger partial charge on any atom is -0.465 e. The van der Waals surface area contributed by atoms with E-state index >= 15 is 0 Å². The van der Waals surface area contributed by atoms with E-state index in [1.807, 2.05) is 23.6 Å². The molecule has 2 aromatic carbocycles. The minimum atomic E-state index is -0.502. The first-order valence-corrected chi connectivity index (χ1v) is 10.1. The van der Waals surface area contributed by atoms with Gasteiger partial charge in [-0.15, -0.1) is 0 Å². The van der Waals surface area contributed by atoms with Gasteiger partial charge in [0.25, 0.3) is 11.8 Å². The molecule has 3 rings (SSSR count). The Bertz CT molecular complexity index is 907. The van der Waals surface area contributed by atoms with Crippen molar-refractivity contribution in [3.8, 4) is 0 Å². The average Bonchev–Trinajstić information content (AvgIpc) is 2.74. The van der Waals surface area contributed by atoms with Crippen molar-refractivity contribution in [1.29, 1.82) is 0 Å². The van der Waals surface area contributed by atoms with Crippen LogP contribution in [-0.4, -0.2) is 54.4 Å². The Hall–Kier alpha value is -2.80. The number of nitrogens with one attached hydrogen (secondary N) is 1. The number of amides is 2. The van der Waals surface area contributed by atoms with Crippen LogP contribution < -0.4 is 5.32 Å². The van der Waals surface area contributed by atoms with E-state index in [2.05, 4.69) is 5.32 Å². The summed E-state index contributed by atoms with van der Waals surface area (Å²) in [4.78, 5) is 39.0. The first-order valence-electron chi connectivity index (χ1n) is 8.97. The van der Waals surface area contributed by atoms with Crippen LogP contribution in [-0.2, 0) is 4.74 Å². The van der Waals surface area contributed by atoms with Gasteiger partial charge in [0.2, 0.25) is 0 Å². The molecule has 1 fully saturated rings. The Balaban J connectivity index is 1.80. The van der Waals surface area contributed by atoms with Crippen LogP contribution in [0.25, 0.3) is 0 Å². The number of anilines is 1. The SMILES string of the molecule is COC(=O)c1cccc(C(=O)Nc2cccc(C(=O)N3CCSCC3)c2C)c1. The zero-order chi connectivity index (χ0) is 20.1. The molecule has 0 saturated carbocycles. The summed E-state index contributed by atoms with van der Waals surface area (Å²) in [5, 5.41) is 2.84. The molecule has 1 saturated heterocycles. The van der Waals surface area contributed by atoms with E-state index in [1.165, 1.54) is 13.2 Å². The fourth-order valence-corrected chi connectivity index (χ4v) is 3.94. The Morgan fingerprint density at radius 2 is 1.71 bits per heavy atom. The van der Waals surface area contributed by atoms with E-state index < -0.39 is 5.97 Å². The number of nitrogens with zero attached hydrogens (tertiary/aromatic N) is 1. The number of thioether (sulfide) groups is 1. The molecule has 2 aromatic rings. The van der Waals surface area contributed by atoms with Gasteiger partial charge in [0.15, 0.2) is 0 Å². The maximum atomic E-state index is 12.8. The monoisotopic (exact) mass is 398 g/mol. The highest BCUT2D eigenvalue weighted by molar-refractivity contribution is 7.99. The molecule has 1 aliphatic rings. The fourth-order valence-electron chi connectivity index (χ4n) is 3.04. The van der Waals surface area contributed by atoms with Crippen molar-refractivity contribution in [1.82, 2.24) is 4.90 Å². The summed E-state index contributed by atoms with van der Waals surface area (Å²) < 4.78 is 4.69. The molecule has 0 atom stereocenters. The van der Waals surface area contributed by atoms with E-state index in [1.54, 1.807) is 36.4 Å². The van der Waals surface area contributed by atoms with Gasteiger partial charge in [-0.05, 0) is 42.8 Å². The molecule has 28 heavy (non-hydrogen) atoms. The molecule has 1 heterocycles. The summed E-state index contributed by atoms with van der Waals surface area (Å²) in [5.41, 5.74) is 2.53. The van der Waals surface area contributed by atoms with Crippen LogP contribution in [0.5, 0.6) is 0 Å². The third kappa shape index (κ3) is 4.36. The number of hydrogen-bond donors (Lipinski definition) is 1. The van der Waals surface area contributed by atoms with Crippen molar-refractivity contribution in [3.05, 3.63) is 64.7 Å². The van der Waals surface area contributed by atoms with Crippen LogP contribution in [0, 0.1) is 6.92 Å². The van der Waals surface area contributed by atoms with Crippen molar-refractivity contribution < 1.29 is 19.1 Å². The molecular formula is C21H22N2O4S.